The maximum atomic E-state index is 5.78. The Kier molecular flexibility index (Phi) is 3.24. The molecule has 0 saturated heterocycles. The summed E-state index contributed by atoms with van der Waals surface area (Å²) in [5.74, 6) is 0.323. The summed E-state index contributed by atoms with van der Waals surface area (Å²) >= 11 is 0. The van der Waals surface area contributed by atoms with Crippen molar-refractivity contribution >= 4 is 17.6 Å². The predicted molar refractivity (Wildman–Crippen MR) is 76.8 cm³/mol. The highest BCUT2D eigenvalue weighted by molar-refractivity contribution is 5.72. The van der Waals surface area contributed by atoms with Gasteiger partial charge in [-0.05, 0) is 49.3 Å². The van der Waals surface area contributed by atoms with Crippen molar-refractivity contribution in [3.05, 3.63) is 29.6 Å². The number of rotatable bonds is 2. The number of allylic oxidation sites excluding steroid dienone is 2. The molecule has 1 aromatic rings. The monoisotopic (exact) mass is 243 g/mol. The molecule has 0 atom stereocenters. The first-order valence-electron chi connectivity index (χ1n) is 6.41. The summed E-state index contributed by atoms with van der Waals surface area (Å²) < 4.78 is 0. The van der Waals surface area contributed by atoms with Gasteiger partial charge in [-0.3, -0.25) is 0 Å². The highest BCUT2D eigenvalue weighted by Crippen LogP contribution is 2.45. The number of nitrogens with zero attached hydrogens (tertiary/aromatic N) is 2. The third-order valence-corrected chi connectivity index (χ3v) is 3.69. The zero-order chi connectivity index (χ0) is 13.3. The van der Waals surface area contributed by atoms with Gasteiger partial charge in [0.05, 0.1) is 11.4 Å². The van der Waals surface area contributed by atoms with Crippen LogP contribution in [0.2, 0.25) is 0 Å². The van der Waals surface area contributed by atoms with Crippen molar-refractivity contribution in [2.24, 2.45) is 5.41 Å². The van der Waals surface area contributed by atoms with E-state index in [2.05, 4.69) is 37.3 Å². The van der Waals surface area contributed by atoms with E-state index in [9.17, 15) is 0 Å². The van der Waals surface area contributed by atoms with Crippen LogP contribution in [0.25, 0.3) is 11.6 Å². The lowest BCUT2D eigenvalue weighted by atomic mass is 9.71. The Hall–Kier alpha value is -1.64. The van der Waals surface area contributed by atoms with Crippen LogP contribution in [-0.4, -0.2) is 9.97 Å². The van der Waals surface area contributed by atoms with Gasteiger partial charge in [-0.2, -0.15) is 0 Å². The summed E-state index contributed by atoms with van der Waals surface area (Å²) in [5, 5.41) is 0. The summed E-state index contributed by atoms with van der Waals surface area (Å²) in [5.41, 5.74) is 10.4. The SMILES string of the molecule is C=Cc1cc(C2=C(C)CCCC2(C)C)nc(N)n1. The Balaban J connectivity index is 2.59. The maximum absolute atomic E-state index is 5.78. The highest BCUT2D eigenvalue weighted by atomic mass is 15.0. The van der Waals surface area contributed by atoms with E-state index in [0.717, 1.165) is 17.8 Å². The first-order valence-corrected chi connectivity index (χ1v) is 6.41. The van der Waals surface area contributed by atoms with E-state index in [1.54, 1.807) is 6.08 Å². The maximum Gasteiger partial charge on any atom is 0.221 e. The van der Waals surface area contributed by atoms with Crippen molar-refractivity contribution in [1.82, 2.24) is 9.97 Å². The molecule has 1 aromatic heterocycles. The van der Waals surface area contributed by atoms with Crippen molar-refractivity contribution in [3.8, 4) is 0 Å². The van der Waals surface area contributed by atoms with Crippen molar-refractivity contribution in [3.63, 3.8) is 0 Å². The molecule has 0 saturated carbocycles. The van der Waals surface area contributed by atoms with Crippen molar-refractivity contribution in [2.45, 2.75) is 40.0 Å². The Morgan fingerprint density at radius 3 is 2.72 bits per heavy atom. The van der Waals surface area contributed by atoms with Crippen LogP contribution in [0, 0.1) is 5.41 Å². The minimum Gasteiger partial charge on any atom is -0.368 e. The molecular formula is C15H21N3. The van der Waals surface area contributed by atoms with Crippen LogP contribution in [0.3, 0.4) is 0 Å². The fourth-order valence-electron chi connectivity index (χ4n) is 2.91. The van der Waals surface area contributed by atoms with Gasteiger partial charge in [0, 0.05) is 0 Å². The minimum absolute atomic E-state index is 0.154. The van der Waals surface area contributed by atoms with E-state index in [0.29, 0.717) is 5.95 Å². The molecule has 3 nitrogen and oxygen atoms in total. The summed E-state index contributed by atoms with van der Waals surface area (Å²) in [6.45, 7) is 10.5. The molecule has 2 N–H and O–H groups in total. The Bertz CT molecular complexity index is 512. The number of aromatic nitrogens is 2. The third-order valence-electron chi connectivity index (χ3n) is 3.69. The van der Waals surface area contributed by atoms with Crippen molar-refractivity contribution in [2.75, 3.05) is 5.73 Å². The first kappa shape index (κ1) is 12.8. The fourth-order valence-corrected chi connectivity index (χ4v) is 2.91. The average Bonchev–Trinajstić information content (AvgIpc) is 2.26. The van der Waals surface area contributed by atoms with Crippen LogP contribution in [0.1, 0.15) is 51.4 Å². The van der Waals surface area contributed by atoms with Gasteiger partial charge >= 0.3 is 0 Å². The molecule has 0 bridgehead atoms. The molecular weight excluding hydrogens is 222 g/mol. The van der Waals surface area contributed by atoms with E-state index in [1.807, 2.05) is 6.07 Å². The van der Waals surface area contributed by atoms with Gasteiger partial charge in [0.25, 0.3) is 0 Å². The van der Waals surface area contributed by atoms with E-state index in [1.165, 1.54) is 24.0 Å². The Morgan fingerprint density at radius 1 is 1.39 bits per heavy atom. The van der Waals surface area contributed by atoms with Gasteiger partial charge in [0.15, 0.2) is 0 Å². The molecule has 1 aliphatic rings. The second kappa shape index (κ2) is 4.56. The number of hydrogen-bond donors (Lipinski definition) is 1. The van der Waals surface area contributed by atoms with Crippen LogP contribution in [0.5, 0.6) is 0 Å². The standard InChI is InChI=1S/C15H21N3/c1-5-11-9-12(18-14(16)17-11)13-10(2)7-6-8-15(13,3)4/h5,9H,1,6-8H2,2-4H3,(H2,16,17,18). The molecule has 0 fully saturated rings. The summed E-state index contributed by atoms with van der Waals surface area (Å²) in [4.78, 5) is 8.56. The second-order valence-electron chi connectivity index (χ2n) is 5.63. The van der Waals surface area contributed by atoms with Crippen LogP contribution in [-0.2, 0) is 0 Å². The largest absolute Gasteiger partial charge is 0.368 e. The molecule has 1 aliphatic carbocycles. The molecule has 0 aromatic carbocycles. The molecule has 18 heavy (non-hydrogen) atoms. The van der Waals surface area contributed by atoms with Gasteiger partial charge in [-0.15, -0.1) is 0 Å². The summed E-state index contributed by atoms with van der Waals surface area (Å²) in [6, 6.07) is 1.98. The van der Waals surface area contributed by atoms with Gasteiger partial charge in [0.2, 0.25) is 5.95 Å². The quantitative estimate of drug-likeness (QED) is 0.862. The molecule has 0 radical (unpaired) electrons. The third kappa shape index (κ3) is 2.30. The van der Waals surface area contributed by atoms with Crippen LogP contribution < -0.4 is 5.73 Å². The Morgan fingerprint density at radius 2 is 2.11 bits per heavy atom. The molecule has 1 heterocycles. The molecule has 0 unspecified atom stereocenters. The molecule has 0 aliphatic heterocycles. The van der Waals surface area contributed by atoms with Crippen LogP contribution in [0.15, 0.2) is 18.2 Å². The van der Waals surface area contributed by atoms with E-state index in [4.69, 9.17) is 5.73 Å². The van der Waals surface area contributed by atoms with Crippen LogP contribution in [0.4, 0.5) is 5.95 Å². The first-order chi connectivity index (χ1) is 8.44. The summed E-state index contributed by atoms with van der Waals surface area (Å²) in [6.07, 6.45) is 5.30. The van der Waals surface area contributed by atoms with Gasteiger partial charge in [0.1, 0.15) is 0 Å². The van der Waals surface area contributed by atoms with Gasteiger partial charge in [-0.1, -0.05) is 26.0 Å². The molecule has 2 rings (SSSR count). The smallest absolute Gasteiger partial charge is 0.221 e. The van der Waals surface area contributed by atoms with E-state index >= 15 is 0 Å². The normalized spacial score (nSPS) is 18.8. The molecule has 96 valence electrons. The lowest BCUT2D eigenvalue weighted by molar-refractivity contribution is 0.416. The number of nitrogens with two attached hydrogens (primary N) is 1. The zero-order valence-electron chi connectivity index (χ0n) is 11.5. The highest BCUT2D eigenvalue weighted by Gasteiger charge is 2.30. The van der Waals surface area contributed by atoms with Crippen molar-refractivity contribution < 1.29 is 0 Å². The average molecular weight is 243 g/mol. The van der Waals surface area contributed by atoms with Gasteiger partial charge in [-0.25, -0.2) is 9.97 Å². The molecule has 0 spiro atoms. The topological polar surface area (TPSA) is 51.8 Å². The van der Waals surface area contributed by atoms with E-state index in [-0.39, 0.29) is 5.41 Å². The Labute approximate surface area is 109 Å². The molecule has 0 amide bonds. The van der Waals surface area contributed by atoms with E-state index < -0.39 is 0 Å². The van der Waals surface area contributed by atoms with Gasteiger partial charge < -0.3 is 5.73 Å². The number of anilines is 1. The lowest BCUT2D eigenvalue weighted by Crippen LogP contribution is -2.20. The fraction of sp³-hybridized carbons (Fsp3) is 0.467. The van der Waals surface area contributed by atoms with Crippen molar-refractivity contribution in [1.29, 1.82) is 0 Å². The predicted octanol–water partition coefficient (Wildman–Crippen LogP) is 3.69. The zero-order valence-corrected chi connectivity index (χ0v) is 11.5. The molecule has 3 heteroatoms. The van der Waals surface area contributed by atoms with Crippen LogP contribution >= 0.6 is 0 Å². The second-order valence-corrected chi connectivity index (χ2v) is 5.63. The number of hydrogen-bond acceptors (Lipinski definition) is 3. The number of nitrogen functional groups attached to an aromatic ring is 1. The minimum atomic E-state index is 0.154. The lowest BCUT2D eigenvalue weighted by Gasteiger charge is -2.34. The summed E-state index contributed by atoms with van der Waals surface area (Å²) in [7, 11) is 0.